The molecule has 3 amide bonds. The summed E-state index contributed by atoms with van der Waals surface area (Å²) in [6, 6.07) is 6.94. The maximum atomic E-state index is 12.0. The molecule has 1 aliphatic heterocycles. The molecule has 1 heterocycles. The summed E-state index contributed by atoms with van der Waals surface area (Å²) in [6.45, 7) is 1.55. The molecule has 0 aromatic heterocycles. The van der Waals surface area contributed by atoms with Crippen LogP contribution in [0.5, 0.6) is 0 Å². The molecule has 23 heavy (non-hydrogen) atoms. The first kappa shape index (κ1) is 19.5. The Balaban J connectivity index is 0.00000264. The Morgan fingerprint density at radius 2 is 1.96 bits per heavy atom. The maximum Gasteiger partial charge on any atom is 0.315 e. The highest BCUT2D eigenvalue weighted by molar-refractivity contribution is 6.30. The van der Waals surface area contributed by atoms with E-state index in [4.69, 9.17) is 17.3 Å². The summed E-state index contributed by atoms with van der Waals surface area (Å²) in [7, 11) is 0. The molecular weight excluding hydrogens is 339 g/mol. The van der Waals surface area contributed by atoms with Crippen LogP contribution < -0.4 is 16.4 Å². The lowest BCUT2D eigenvalue weighted by Crippen LogP contribution is -2.46. The van der Waals surface area contributed by atoms with Gasteiger partial charge >= 0.3 is 6.03 Å². The Hall–Kier alpha value is -1.50. The normalized spacial score (nSPS) is 16.6. The number of nitrogens with one attached hydrogen (secondary N) is 2. The van der Waals surface area contributed by atoms with Gasteiger partial charge in [0.05, 0.1) is 6.54 Å². The van der Waals surface area contributed by atoms with E-state index in [2.05, 4.69) is 10.6 Å². The van der Waals surface area contributed by atoms with E-state index >= 15 is 0 Å². The van der Waals surface area contributed by atoms with Crippen LogP contribution >= 0.6 is 24.0 Å². The Bertz CT molecular complexity index is 525. The zero-order valence-electron chi connectivity index (χ0n) is 12.8. The van der Waals surface area contributed by atoms with E-state index in [-0.39, 0.29) is 36.9 Å². The van der Waals surface area contributed by atoms with Gasteiger partial charge in [-0.25, -0.2) is 4.79 Å². The fourth-order valence-electron chi connectivity index (χ4n) is 2.51. The fourth-order valence-corrected chi connectivity index (χ4v) is 2.64. The number of carbonyl (C=O) groups excluding carboxylic acids is 2. The van der Waals surface area contributed by atoms with Crippen LogP contribution in [0.4, 0.5) is 4.79 Å². The molecule has 1 unspecified atom stereocenters. The van der Waals surface area contributed by atoms with Crippen LogP contribution in [0.3, 0.4) is 0 Å². The summed E-state index contributed by atoms with van der Waals surface area (Å²) in [5.74, 6) is -0.0883. The number of nitrogens with zero attached hydrogens (tertiary/aromatic N) is 1. The van der Waals surface area contributed by atoms with Crippen molar-refractivity contribution in [3.63, 3.8) is 0 Å². The van der Waals surface area contributed by atoms with Crippen LogP contribution in [0.25, 0.3) is 0 Å². The van der Waals surface area contributed by atoms with E-state index in [1.165, 1.54) is 0 Å². The second kappa shape index (κ2) is 9.60. The number of rotatable bonds is 5. The summed E-state index contributed by atoms with van der Waals surface area (Å²) < 4.78 is 0. The van der Waals surface area contributed by atoms with Gasteiger partial charge in [-0.2, -0.15) is 0 Å². The predicted molar refractivity (Wildman–Crippen MR) is 92.7 cm³/mol. The first-order chi connectivity index (χ1) is 10.6. The Morgan fingerprint density at radius 1 is 1.26 bits per heavy atom. The third kappa shape index (κ3) is 5.89. The molecule has 2 rings (SSSR count). The Labute approximate surface area is 147 Å². The molecule has 128 valence electrons. The van der Waals surface area contributed by atoms with Crippen molar-refractivity contribution in [1.29, 1.82) is 0 Å². The number of benzene rings is 1. The number of hydrogen-bond acceptors (Lipinski definition) is 3. The molecule has 1 aliphatic rings. The van der Waals surface area contributed by atoms with Crippen LogP contribution in [-0.2, 0) is 11.3 Å². The number of halogens is 2. The van der Waals surface area contributed by atoms with Gasteiger partial charge in [0.1, 0.15) is 0 Å². The summed E-state index contributed by atoms with van der Waals surface area (Å²) in [6.07, 6.45) is 1.90. The molecule has 0 bridgehead atoms. The second-order valence-corrected chi connectivity index (χ2v) is 5.72. The van der Waals surface area contributed by atoms with Crippen molar-refractivity contribution in [3.8, 4) is 0 Å². The Kier molecular flexibility index (Phi) is 8.16. The van der Waals surface area contributed by atoms with Gasteiger partial charge < -0.3 is 21.3 Å². The molecule has 4 N–H and O–H groups in total. The van der Waals surface area contributed by atoms with Gasteiger partial charge in [0.2, 0.25) is 5.91 Å². The van der Waals surface area contributed by atoms with E-state index in [9.17, 15) is 9.59 Å². The van der Waals surface area contributed by atoms with Crippen LogP contribution in [0.2, 0.25) is 5.02 Å². The summed E-state index contributed by atoms with van der Waals surface area (Å²) in [5, 5.41) is 5.93. The van der Waals surface area contributed by atoms with E-state index in [0.29, 0.717) is 18.1 Å². The molecule has 1 saturated heterocycles. The topological polar surface area (TPSA) is 87.5 Å². The first-order valence-corrected chi connectivity index (χ1v) is 7.73. The van der Waals surface area contributed by atoms with Crippen molar-refractivity contribution in [2.24, 2.45) is 5.73 Å². The SMILES string of the molecule is Cl.NCC1CCCN1C(=O)CNC(=O)NCc1ccc(Cl)cc1. The van der Waals surface area contributed by atoms with Gasteiger partial charge in [-0.3, -0.25) is 4.79 Å². The number of carbonyl (C=O) groups is 2. The molecule has 0 saturated carbocycles. The van der Waals surface area contributed by atoms with Gasteiger partial charge in [0.15, 0.2) is 0 Å². The predicted octanol–water partition coefficient (Wildman–Crippen LogP) is 1.51. The third-order valence-electron chi connectivity index (χ3n) is 3.74. The van der Waals surface area contributed by atoms with Crippen LogP contribution in [0.1, 0.15) is 18.4 Å². The molecule has 1 aromatic carbocycles. The van der Waals surface area contributed by atoms with Gasteiger partial charge in [0, 0.05) is 30.7 Å². The monoisotopic (exact) mass is 360 g/mol. The van der Waals surface area contributed by atoms with E-state index in [1.807, 2.05) is 12.1 Å². The lowest BCUT2D eigenvalue weighted by Gasteiger charge is -2.23. The van der Waals surface area contributed by atoms with Crippen molar-refractivity contribution in [2.45, 2.75) is 25.4 Å². The molecular formula is C15H22Cl2N4O2. The van der Waals surface area contributed by atoms with Crippen molar-refractivity contribution < 1.29 is 9.59 Å². The molecule has 1 atom stereocenters. The molecule has 8 heteroatoms. The number of nitrogens with two attached hydrogens (primary N) is 1. The second-order valence-electron chi connectivity index (χ2n) is 5.28. The van der Waals surface area contributed by atoms with Crippen molar-refractivity contribution in [1.82, 2.24) is 15.5 Å². The van der Waals surface area contributed by atoms with Crippen LogP contribution in [0, 0.1) is 0 Å². The highest BCUT2D eigenvalue weighted by Gasteiger charge is 2.27. The Morgan fingerprint density at radius 3 is 2.61 bits per heavy atom. The minimum atomic E-state index is -0.369. The van der Waals surface area contributed by atoms with Gasteiger partial charge in [-0.05, 0) is 30.5 Å². The number of urea groups is 1. The van der Waals surface area contributed by atoms with Crippen molar-refractivity contribution >= 4 is 35.9 Å². The average molecular weight is 361 g/mol. The lowest BCUT2D eigenvalue weighted by molar-refractivity contribution is -0.130. The average Bonchev–Trinajstić information content (AvgIpc) is 3.00. The molecule has 0 spiro atoms. The van der Waals surface area contributed by atoms with E-state index < -0.39 is 0 Å². The van der Waals surface area contributed by atoms with Crippen molar-refractivity contribution in [3.05, 3.63) is 34.9 Å². The zero-order chi connectivity index (χ0) is 15.9. The smallest absolute Gasteiger partial charge is 0.315 e. The number of hydrogen-bond donors (Lipinski definition) is 3. The van der Waals surface area contributed by atoms with E-state index in [0.717, 1.165) is 24.9 Å². The fraction of sp³-hybridized carbons (Fsp3) is 0.467. The largest absolute Gasteiger partial charge is 0.337 e. The minimum Gasteiger partial charge on any atom is -0.337 e. The van der Waals surface area contributed by atoms with E-state index in [1.54, 1.807) is 17.0 Å². The molecule has 6 nitrogen and oxygen atoms in total. The molecule has 1 fully saturated rings. The molecule has 0 radical (unpaired) electrons. The van der Waals surface area contributed by atoms with Crippen LogP contribution in [-0.4, -0.2) is 42.5 Å². The minimum absolute atomic E-state index is 0. The van der Waals surface area contributed by atoms with Gasteiger partial charge in [-0.1, -0.05) is 23.7 Å². The highest BCUT2D eigenvalue weighted by Crippen LogP contribution is 2.15. The third-order valence-corrected chi connectivity index (χ3v) is 3.99. The summed E-state index contributed by atoms with van der Waals surface area (Å²) in [5.41, 5.74) is 6.58. The molecule has 0 aliphatic carbocycles. The first-order valence-electron chi connectivity index (χ1n) is 7.36. The van der Waals surface area contributed by atoms with Crippen LogP contribution in [0.15, 0.2) is 24.3 Å². The summed E-state index contributed by atoms with van der Waals surface area (Å²) >= 11 is 5.79. The molecule has 1 aromatic rings. The standard InChI is InChI=1S/C15H21ClN4O2.ClH/c16-12-5-3-11(4-6-12)9-18-15(22)19-10-14(21)20-7-1-2-13(20)8-17;/h3-6,13H,1-2,7-10,17H2,(H2,18,19,22);1H. The lowest BCUT2D eigenvalue weighted by atomic mass is 10.2. The van der Waals surface area contributed by atoms with Crippen molar-refractivity contribution in [2.75, 3.05) is 19.6 Å². The number of amides is 3. The maximum absolute atomic E-state index is 12.0. The highest BCUT2D eigenvalue weighted by atomic mass is 35.5. The quantitative estimate of drug-likeness (QED) is 0.743. The zero-order valence-corrected chi connectivity index (χ0v) is 14.3. The van der Waals surface area contributed by atoms with Gasteiger partial charge in [-0.15, -0.1) is 12.4 Å². The van der Waals surface area contributed by atoms with Gasteiger partial charge in [0.25, 0.3) is 0 Å². The summed E-state index contributed by atoms with van der Waals surface area (Å²) in [4.78, 5) is 25.5. The number of likely N-dealkylation sites (tertiary alicyclic amines) is 1.